The van der Waals surface area contributed by atoms with Gasteiger partial charge in [0, 0.05) is 35.8 Å². The van der Waals surface area contributed by atoms with Crippen LogP contribution in [0, 0.1) is 6.92 Å². The largest absolute Gasteiger partial charge is 0.441 e. The van der Waals surface area contributed by atoms with Gasteiger partial charge in [-0.2, -0.15) is 0 Å². The number of aromatic amines is 1. The Morgan fingerprint density at radius 3 is 2.96 bits per heavy atom. The van der Waals surface area contributed by atoms with Crippen molar-refractivity contribution in [1.82, 2.24) is 19.9 Å². The number of aryl methyl sites for hydroxylation is 1. The highest BCUT2D eigenvalue weighted by atomic mass is 16.5. The number of benzene rings is 2. The van der Waals surface area contributed by atoms with Crippen molar-refractivity contribution in [2.75, 3.05) is 5.32 Å². The number of ether oxygens (including phenoxy) is 1. The Bertz CT molecular complexity index is 1260. The fraction of sp³-hybridized carbons (Fsp3) is 0.0500. The van der Waals surface area contributed by atoms with Crippen LogP contribution in [0.3, 0.4) is 0 Å². The van der Waals surface area contributed by atoms with E-state index in [0.29, 0.717) is 23.3 Å². The summed E-state index contributed by atoms with van der Waals surface area (Å²) in [5.74, 6) is 2.44. The molecule has 7 heteroatoms. The number of oxazole rings is 1. The maximum Gasteiger partial charge on any atom is 0.224 e. The third-order valence-electron chi connectivity index (χ3n) is 4.16. The molecule has 3 heterocycles. The summed E-state index contributed by atoms with van der Waals surface area (Å²) in [5.41, 5.74) is 3.47. The van der Waals surface area contributed by atoms with Gasteiger partial charge in [0.2, 0.25) is 5.88 Å². The monoisotopic (exact) mass is 357 g/mol. The lowest BCUT2D eigenvalue weighted by molar-refractivity contribution is 0.462. The zero-order chi connectivity index (χ0) is 18.2. The number of rotatable bonds is 4. The fourth-order valence-corrected chi connectivity index (χ4v) is 2.95. The number of anilines is 2. The molecule has 5 aromatic rings. The van der Waals surface area contributed by atoms with E-state index in [-0.39, 0.29) is 0 Å². The maximum atomic E-state index is 5.88. The average Bonchev–Trinajstić information content (AvgIpc) is 3.26. The Labute approximate surface area is 154 Å². The summed E-state index contributed by atoms with van der Waals surface area (Å²) >= 11 is 0. The molecule has 5 rings (SSSR count). The van der Waals surface area contributed by atoms with Crippen LogP contribution < -0.4 is 10.1 Å². The second kappa shape index (κ2) is 6.14. The molecule has 0 amide bonds. The van der Waals surface area contributed by atoms with Crippen LogP contribution in [0.15, 0.2) is 65.5 Å². The van der Waals surface area contributed by atoms with E-state index in [1.165, 1.54) is 6.33 Å². The van der Waals surface area contributed by atoms with Crippen LogP contribution in [0.5, 0.6) is 11.6 Å². The quantitative estimate of drug-likeness (QED) is 0.473. The number of H-pyrrole nitrogens is 1. The van der Waals surface area contributed by atoms with E-state index >= 15 is 0 Å². The molecule has 27 heavy (non-hydrogen) atoms. The Morgan fingerprint density at radius 2 is 2.00 bits per heavy atom. The second-order valence-corrected chi connectivity index (χ2v) is 6.11. The van der Waals surface area contributed by atoms with Crippen LogP contribution in [0.4, 0.5) is 11.5 Å². The lowest BCUT2D eigenvalue weighted by Crippen LogP contribution is -1.96. The number of nitrogens with one attached hydrogen (secondary N) is 2. The zero-order valence-electron chi connectivity index (χ0n) is 14.4. The molecular weight excluding hydrogens is 342 g/mol. The van der Waals surface area contributed by atoms with Gasteiger partial charge in [-0.1, -0.05) is 0 Å². The van der Waals surface area contributed by atoms with Crippen molar-refractivity contribution in [2.24, 2.45) is 0 Å². The SMILES string of the molecule is Cc1nc2cc(Nc3cc(Oc4ccc5[nH]ccc5c4)ncn3)ccc2o1. The molecule has 0 spiro atoms. The highest BCUT2D eigenvalue weighted by Gasteiger charge is 2.06. The summed E-state index contributed by atoms with van der Waals surface area (Å²) < 4.78 is 11.4. The molecule has 0 saturated heterocycles. The highest BCUT2D eigenvalue weighted by Crippen LogP contribution is 2.26. The molecule has 3 aromatic heterocycles. The van der Waals surface area contributed by atoms with Crippen molar-refractivity contribution in [3.8, 4) is 11.6 Å². The molecule has 0 unspecified atom stereocenters. The minimum absolute atomic E-state index is 0.459. The smallest absolute Gasteiger partial charge is 0.224 e. The fourth-order valence-electron chi connectivity index (χ4n) is 2.95. The van der Waals surface area contributed by atoms with Gasteiger partial charge in [0.1, 0.15) is 23.4 Å². The first kappa shape index (κ1) is 15.4. The van der Waals surface area contributed by atoms with Crippen LogP contribution in [0.2, 0.25) is 0 Å². The molecule has 7 nitrogen and oxygen atoms in total. The maximum absolute atomic E-state index is 5.88. The summed E-state index contributed by atoms with van der Waals surface area (Å²) in [6.45, 7) is 1.83. The minimum Gasteiger partial charge on any atom is -0.441 e. The number of hydrogen-bond acceptors (Lipinski definition) is 6. The summed E-state index contributed by atoms with van der Waals surface area (Å²) in [7, 11) is 0. The third kappa shape index (κ3) is 3.06. The molecule has 2 aromatic carbocycles. The van der Waals surface area contributed by atoms with E-state index < -0.39 is 0 Å². The van der Waals surface area contributed by atoms with Crippen molar-refractivity contribution in [3.63, 3.8) is 0 Å². The first-order valence-electron chi connectivity index (χ1n) is 8.44. The van der Waals surface area contributed by atoms with Crippen molar-refractivity contribution in [1.29, 1.82) is 0 Å². The van der Waals surface area contributed by atoms with E-state index in [2.05, 4.69) is 25.3 Å². The summed E-state index contributed by atoms with van der Waals surface area (Å²) in [6.07, 6.45) is 3.36. The lowest BCUT2D eigenvalue weighted by Gasteiger charge is -2.08. The van der Waals surface area contributed by atoms with Crippen molar-refractivity contribution in [2.45, 2.75) is 6.92 Å². The van der Waals surface area contributed by atoms with Gasteiger partial charge in [0.05, 0.1) is 0 Å². The molecular formula is C20H15N5O2. The van der Waals surface area contributed by atoms with E-state index in [9.17, 15) is 0 Å². The standard InChI is InChI=1S/C20H15N5O2/c1-12-24-17-9-14(2-5-18(17)26-12)25-19-10-20(23-11-22-19)27-15-3-4-16-13(8-15)6-7-21-16/h2-11,21H,1H3,(H,22,23,25). The van der Waals surface area contributed by atoms with Crippen LogP contribution in [0.25, 0.3) is 22.0 Å². The van der Waals surface area contributed by atoms with Crippen molar-refractivity contribution < 1.29 is 9.15 Å². The molecule has 0 aliphatic rings. The highest BCUT2D eigenvalue weighted by molar-refractivity contribution is 5.81. The lowest BCUT2D eigenvalue weighted by atomic mass is 10.2. The van der Waals surface area contributed by atoms with Gasteiger partial charge in [0.25, 0.3) is 0 Å². The van der Waals surface area contributed by atoms with Crippen LogP contribution in [0.1, 0.15) is 5.89 Å². The Morgan fingerprint density at radius 1 is 1.04 bits per heavy atom. The van der Waals surface area contributed by atoms with E-state index in [4.69, 9.17) is 9.15 Å². The normalized spacial score (nSPS) is 11.1. The Hall–Kier alpha value is -3.87. The van der Waals surface area contributed by atoms with Crippen LogP contribution >= 0.6 is 0 Å². The predicted molar refractivity (Wildman–Crippen MR) is 102 cm³/mol. The predicted octanol–water partition coefficient (Wildman–Crippen LogP) is 4.94. The molecule has 0 fully saturated rings. The van der Waals surface area contributed by atoms with Gasteiger partial charge in [-0.25, -0.2) is 15.0 Å². The van der Waals surface area contributed by atoms with E-state index in [1.54, 1.807) is 6.07 Å². The molecule has 132 valence electrons. The Balaban J connectivity index is 1.38. The minimum atomic E-state index is 0.459. The van der Waals surface area contributed by atoms with Gasteiger partial charge < -0.3 is 19.5 Å². The molecule has 0 aliphatic carbocycles. The number of hydrogen-bond donors (Lipinski definition) is 2. The van der Waals surface area contributed by atoms with Gasteiger partial charge in [-0.05, 0) is 42.5 Å². The van der Waals surface area contributed by atoms with Gasteiger partial charge in [-0.15, -0.1) is 0 Å². The van der Waals surface area contributed by atoms with Crippen molar-refractivity contribution >= 4 is 33.5 Å². The van der Waals surface area contributed by atoms with Crippen molar-refractivity contribution in [3.05, 3.63) is 66.9 Å². The van der Waals surface area contributed by atoms with Gasteiger partial charge >= 0.3 is 0 Å². The molecule has 0 bridgehead atoms. The summed E-state index contributed by atoms with van der Waals surface area (Å²) in [5, 5.41) is 4.32. The zero-order valence-corrected chi connectivity index (χ0v) is 14.4. The molecule has 2 N–H and O–H groups in total. The number of nitrogens with zero attached hydrogens (tertiary/aromatic N) is 3. The number of fused-ring (bicyclic) bond motifs is 2. The Kier molecular flexibility index (Phi) is 3.50. The van der Waals surface area contributed by atoms with E-state index in [0.717, 1.165) is 27.7 Å². The molecule has 0 saturated carbocycles. The first-order chi connectivity index (χ1) is 13.2. The third-order valence-corrected chi connectivity index (χ3v) is 4.16. The van der Waals surface area contributed by atoms with Gasteiger partial charge in [-0.3, -0.25) is 0 Å². The average molecular weight is 357 g/mol. The molecule has 0 atom stereocenters. The molecule has 0 aliphatic heterocycles. The second-order valence-electron chi connectivity index (χ2n) is 6.11. The summed E-state index contributed by atoms with van der Waals surface area (Å²) in [4.78, 5) is 15.9. The van der Waals surface area contributed by atoms with Gasteiger partial charge in [0.15, 0.2) is 11.5 Å². The topological polar surface area (TPSA) is 88.9 Å². The van der Waals surface area contributed by atoms with E-state index in [1.807, 2.05) is 55.6 Å². The summed E-state index contributed by atoms with van der Waals surface area (Å²) in [6, 6.07) is 15.3. The number of aromatic nitrogens is 4. The van der Waals surface area contributed by atoms with Crippen LogP contribution in [-0.2, 0) is 0 Å². The first-order valence-corrected chi connectivity index (χ1v) is 8.44. The molecule has 0 radical (unpaired) electrons. The van der Waals surface area contributed by atoms with Crippen LogP contribution in [-0.4, -0.2) is 19.9 Å².